The Morgan fingerprint density at radius 3 is 2.48 bits per heavy atom. The molecule has 0 saturated heterocycles. The van der Waals surface area contributed by atoms with Crippen LogP contribution in [0.2, 0.25) is 0 Å². The Kier molecular flexibility index (Phi) is 7.83. The maximum absolute atomic E-state index is 12.1. The van der Waals surface area contributed by atoms with Gasteiger partial charge in [0.05, 0.1) is 6.10 Å². The molecule has 0 fully saturated rings. The highest BCUT2D eigenvalue weighted by molar-refractivity contribution is 5.81. The molecule has 0 aliphatic rings. The zero-order valence-corrected chi connectivity index (χ0v) is 13.5. The minimum Gasteiger partial charge on any atom is -0.481 e. The number of hydrogen-bond acceptors (Lipinski definition) is 3. The van der Waals surface area contributed by atoms with E-state index in [1.165, 1.54) is 5.56 Å². The van der Waals surface area contributed by atoms with Crippen molar-refractivity contribution >= 4 is 5.91 Å². The quantitative estimate of drug-likeness (QED) is 0.712. The van der Waals surface area contributed by atoms with Gasteiger partial charge >= 0.3 is 0 Å². The highest BCUT2D eigenvalue weighted by Gasteiger charge is 2.17. The van der Waals surface area contributed by atoms with E-state index in [0.29, 0.717) is 19.6 Å². The van der Waals surface area contributed by atoms with Crippen LogP contribution in [0.4, 0.5) is 0 Å². The fraction of sp³-hybridized carbons (Fsp3) is 0.588. The second kappa shape index (κ2) is 9.40. The van der Waals surface area contributed by atoms with E-state index < -0.39 is 6.10 Å². The van der Waals surface area contributed by atoms with Gasteiger partial charge in [0.2, 0.25) is 0 Å². The second-order valence-electron chi connectivity index (χ2n) is 5.39. The van der Waals surface area contributed by atoms with Crippen LogP contribution in [0.15, 0.2) is 24.3 Å². The van der Waals surface area contributed by atoms with Gasteiger partial charge in [-0.25, -0.2) is 0 Å². The monoisotopic (exact) mass is 293 g/mol. The van der Waals surface area contributed by atoms with Crippen molar-refractivity contribution in [2.45, 2.75) is 52.7 Å². The summed E-state index contributed by atoms with van der Waals surface area (Å²) >= 11 is 0. The summed E-state index contributed by atoms with van der Waals surface area (Å²) in [6.45, 7) is 9.24. The van der Waals surface area contributed by atoms with Crippen LogP contribution in [0, 0.1) is 6.92 Å². The lowest BCUT2D eigenvalue weighted by molar-refractivity contribution is -0.128. The van der Waals surface area contributed by atoms with E-state index in [-0.39, 0.29) is 12.0 Å². The zero-order chi connectivity index (χ0) is 15.7. The first-order valence-corrected chi connectivity index (χ1v) is 7.65. The topological polar surface area (TPSA) is 47.6 Å². The van der Waals surface area contributed by atoms with Gasteiger partial charge in [-0.15, -0.1) is 0 Å². The Bertz CT molecular complexity index is 415. The molecular formula is C17H27NO3. The van der Waals surface area contributed by atoms with Crippen molar-refractivity contribution < 1.29 is 14.3 Å². The predicted octanol–water partition coefficient (Wildman–Crippen LogP) is 3.08. The van der Waals surface area contributed by atoms with Crippen LogP contribution in [-0.2, 0) is 9.53 Å². The van der Waals surface area contributed by atoms with Crippen molar-refractivity contribution in [2.75, 3.05) is 13.2 Å². The molecule has 4 nitrogen and oxygen atoms in total. The van der Waals surface area contributed by atoms with E-state index in [4.69, 9.17) is 9.47 Å². The summed E-state index contributed by atoms with van der Waals surface area (Å²) < 4.78 is 11.2. The number of rotatable bonds is 9. The molecule has 1 aromatic rings. The van der Waals surface area contributed by atoms with Gasteiger partial charge in [0.15, 0.2) is 6.10 Å². The number of carbonyl (C=O) groups excluding carboxylic acids is 1. The number of aryl methyl sites for hydroxylation is 1. The largest absolute Gasteiger partial charge is 0.481 e. The molecular weight excluding hydrogens is 266 g/mol. The smallest absolute Gasteiger partial charge is 0.261 e. The number of hydrogen-bond donors (Lipinski definition) is 1. The Balaban J connectivity index is 2.34. The normalized spacial score (nSPS) is 12.2. The van der Waals surface area contributed by atoms with E-state index in [9.17, 15) is 4.79 Å². The molecule has 0 aliphatic heterocycles. The van der Waals surface area contributed by atoms with E-state index in [1.807, 2.05) is 52.0 Å². The third-order valence-corrected chi connectivity index (χ3v) is 3.03. The maximum Gasteiger partial charge on any atom is 0.261 e. The molecule has 1 amide bonds. The summed E-state index contributed by atoms with van der Waals surface area (Å²) in [5.74, 6) is 0.661. The van der Waals surface area contributed by atoms with Gasteiger partial charge < -0.3 is 14.8 Å². The first-order valence-electron chi connectivity index (χ1n) is 7.65. The average molecular weight is 293 g/mol. The molecule has 0 bridgehead atoms. The molecule has 1 atom stereocenters. The first-order chi connectivity index (χ1) is 10.0. The minimum atomic E-state index is -0.446. The number of nitrogens with one attached hydrogen (secondary N) is 1. The number of carbonyl (C=O) groups is 1. The van der Waals surface area contributed by atoms with E-state index in [0.717, 1.165) is 12.2 Å². The van der Waals surface area contributed by atoms with Crippen molar-refractivity contribution in [1.29, 1.82) is 0 Å². The standard InChI is InChI=1S/C17H27NO3/c1-5-16(21-15-9-7-14(4)8-10-15)17(19)18-11-6-12-20-13(2)3/h7-10,13,16H,5-6,11-12H2,1-4H3,(H,18,19)/t16-/m1/s1. The molecule has 0 heterocycles. The lowest BCUT2D eigenvalue weighted by Gasteiger charge is -2.17. The zero-order valence-electron chi connectivity index (χ0n) is 13.5. The molecule has 0 aliphatic carbocycles. The fourth-order valence-corrected chi connectivity index (χ4v) is 1.82. The fourth-order valence-electron chi connectivity index (χ4n) is 1.82. The summed E-state index contributed by atoms with van der Waals surface area (Å²) in [5.41, 5.74) is 1.17. The van der Waals surface area contributed by atoms with Crippen molar-refractivity contribution in [2.24, 2.45) is 0 Å². The second-order valence-corrected chi connectivity index (χ2v) is 5.39. The van der Waals surface area contributed by atoms with Crippen LogP contribution in [0.1, 0.15) is 39.2 Å². The van der Waals surface area contributed by atoms with Crippen LogP contribution in [-0.4, -0.2) is 31.3 Å². The predicted molar refractivity (Wildman–Crippen MR) is 84.6 cm³/mol. The highest BCUT2D eigenvalue weighted by atomic mass is 16.5. The van der Waals surface area contributed by atoms with Gasteiger partial charge in [0.1, 0.15) is 5.75 Å². The average Bonchev–Trinajstić information content (AvgIpc) is 2.45. The Hall–Kier alpha value is -1.55. The molecule has 1 aromatic carbocycles. The van der Waals surface area contributed by atoms with Crippen LogP contribution >= 0.6 is 0 Å². The van der Waals surface area contributed by atoms with Gasteiger partial charge in [0, 0.05) is 13.2 Å². The Morgan fingerprint density at radius 2 is 1.90 bits per heavy atom. The number of benzene rings is 1. The molecule has 4 heteroatoms. The summed E-state index contributed by atoms with van der Waals surface area (Å²) in [6, 6.07) is 7.73. The number of ether oxygens (including phenoxy) is 2. The minimum absolute atomic E-state index is 0.0670. The molecule has 1 rings (SSSR count). The van der Waals surface area contributed by atoms with Crippen molar-refractivity contribution in [3.63, 3.8) is 0 Å². The lowest BCUT2D eigenvalue weighted by Crippen LogP contribution is -2.38. The van der Waals surface area contributed by atoms with Crippen LogP contribution in [0.3, 0.4) is 0 Å². The summed E-state index contributed by atoms with van der Waals surface area (Å²) in [6.07, 6.45) is 1.24. The Morgan fingerprint density at radius 1 is 1.24 bits per heavy atom. The van der Waals surface area contributed by atoms with Crippen molar-refractivity contribution in [1.82, 2.24) is 5.32 Å². The van der Waals surface area contributed by atoms with Gasteiger partial charge in [-0.3, -0.25) is 4.79 Å². The summed E-state index contributed by atoms with van der Waals surface area (Å²) in [4.78, 5) is 12.1. The Labute approximate surface area is 127 Å². The van der Waals surface area contributed by atoms with E-state index in [2.05, 4.69) is 5.32 Å². The third kappa shape index (κ3) is 7.14. The first kappa shape index (κ1) is 17.5. The molecule has 118 valence electrons. The van der Waals surface area contributed by atoms with Crippen LogP contribution in [0.25, 0.3) is 0 Å². The van der Waals surface area contributed by atoms with Crippen molar-refractivity contribution in [3.8, 4) is 5.75 Å². The molecule has 0 radical (unpaired) electrons. The molecule has 1 N–H and O–H groups in total. The number of amides is 1. The molecule has 0 saturated carbocycles. The highest BCUT2D eigenvalue weighted by Crippen LogP contribution is 2.14. The molecule has 0 spiro atoms. The third-order valence-electron chi connectivity index (χ3n) is 3.03. The van der Waals surface area contributed by atoms with Gasteiger partial charge in [-0.05, 0) is 45.7 Å². The van der Waals surface area contributed by atoms with Gasteiger partial charge in [-0.2, -0.15) is 0 Å². The molecule has 0 unspecified atom stereocenters. The summed E-state index contributed by atoms with van der Waals surface area (Å²) in [5, 5.41) is 2.90. The molecule has 21 heavy (non-hydrogen) atoms. The molecule has 0 aromatic heterocycles. The lowest BCUT2D eigenvalue weighted by atomic mass is 10.2. The maximum atomic E-state index is 12.1. The van der Waals surface area contributed by atoms with E-state index in [1.54, 1.807) is 0 Å². The SMILES string of the molecule is CC[C@@H](Oc1ccc(C)cc1)C(=O)NCCCOC(C)C. The van der Waals surface area contributed by atoms with Crippen LogP contribution in [0.5, 0.6) is 5.75 Å². The van der Waals surface area contributed by atoms with Crippen LogP contribution < -0.4 is 10.1 Å². The van der Waals surface area contributed by atoms with Crippen molar-refractivity contribution in [3.05, 3.63) is 29.8 Å². The van der Waals surface area contributed by atoms with Gasteiger partial charge in [0.25, 0.3) is 5.91 Å². The van der Waals surface area contributed by atoms with Gasteiger partial charge in [-0.1, -0.05) is 24.6 Å². The summed E-state index contributed by atoms with van der Waals surface area (Å²) in [7, 11) is 0. The van der Waals surface area contributed by atoms with E-state index >= 15 is 0 Å².